The van der Waals surface area contributed by atoms with Gasteiger partial charge in [-0.15, -0.1) is 0 Å². The Bertz CT molecular complexity index is 578. The van der Waals surface area contributed by atoms with Gasteiger partial charge in [-0.2, -0.15) is 0 Å². The molecule has 2 fully saturated rings. The molecule has 0 saturated heterocycles. The zero-order valence-corrected chi connectivity index (χ0v) is 11.5. The molecule has 2 aliphatic rings. The van der Waals surface area contributed by atoms with Crippen molar-refractivity contribution in [3.63, 3.8) is 0 Å². The van der Waals surface area contributed by atoms with E-state index in [1.165, 1.54) is 18.6 Å². The molecule has 106 valence electrons. The van der Waals surface area contributed by atoms with Gasteiger partial charge in [0.1, 0.15) is 5.15 Å². The van der Waals surface area contributed by atoms with Gasteiger partial charge in [0.15, 0.2) is 0 Å². The summed E-state index contributed by atoms with van der Waals surface area (Å²) in [5.74, 6) is 0.774. The quantitative estimate of drug-likeness (QED) is 0.527. The van der Waals surface area contributed by atoms with E-state index < -0.39 is 4.92 Å². The minimum absolute atomic E-state index is 0.0471. The third kappa shape index (κ3) is 2.35. The molecule has 0 radical (unpaired) electrons. The first-order valence-corrected chi connectivity index (χ1v) is 7.04. The summed E-state index contributed by atoms with van der Waals surface area (Å²) in [4.78, 5) is 26.5. The highest BCUT2D eigenvalue weighted by atomic mass is 35.5. The molecule has 7 heteroatoms. The Labute approximate surface area is 120 Å². The summed E-state index contributed by atoms with van der Waals surface area (Å²) in [7, 11) is 0. The van der Waals surface area contributed by atoms with Crippen LogP contribution in [0.1, 0.15) is 25.7 Å². The summed E-state index contributed by atoms with van der Waals surface area (Å²) >= 11 is 5.74. The minimum atomic E-state index is -0.570. The number of hydrogen-bond donors (Lipinski definition) is 1. The second-order valence-electron chi connectivity index (χ2n) is 5.53. The SMILES string of the molecule is O=C(Nc1nc(Cl)ccc1[N+](=O)[O-])C1CC2CCC1C2. The van der Waals surface area contributed by atoms with Gasteiger partial charge in [-0.05, 0) is 37.2 Å². The minimum Gasteiger partial charge on any atom is -0.305 e. The molecule has 1 N–H and O–H groups in total. The summed E-state index contributed by atoms with van der Waals surface area (Å²) in [6.45, 7) is 0. The van der Waals surface area contributed by atoms with E-state index in [-0.39, 0.29) is 28.5 Å². The van der Waals surface area contributed by atoms with Crippen molar-refractivity contribution in [1.29, 1.82) is 0 Å². The molecule has 6 nitrogen and oxygen atoms in total. The molecule has 1 heterocycles. The van der Waals surface area contributed by atoms with Crippen molar-refractivity contribution in [3.8, 4) is 0 Å². The topological polar surface area (TPSA) is 85.1 Å². The Morgan fingerprint density at radius 2 is 2.20 bits per heavy atom. The molecule has 20 heavy (non-hydrogen) atoms. The molecule has 3 atom stereocenters. The van der Waals surface area contributed by atoms with Gasteiger partial charge in [-0.3, -0.25) is 14.9 Å². The van der Waals surface area contributed by atoms with Crippen LogP contribution >= 0.6 is 11.6 Å². The molecular formula is C13H14ClN3O3. The number of hydrogen-bond acceptors (Lipinski definition) is 4. The van der Waals surface area contributed by atoms with Gasteiger partial charge < -0.3 is 5.32 Å². The van der Waals surface area contributed by atoms with Gasteiger partial charge in [-0.1, -0.05) is 18.0 Å². The maximum absolute atomic E-state index is 12.3. The van der Waals surface area contributed by atoms with E-state index in [0.717, 1.165) is 19.3 Å². The van der Waals surface area contributed by atoms with Crippen molar-refractivity contribution in [2.45, 2.75) is 25.7 Å². The maximum Gasteiger partial charge on any atom is 0.311 e. The number of nitro groups is 1. The maximum atomic E-state index is 12.3. The lowest BCUT2D eigenvalue weighted by Gasteiger charge is -2.20. The Morgan fingerprint density at radius 1 is 1.40 bits per heavy atom. The van der Waals surface area contributed by atoms with Crippen molar-refractivity contribution in [2.75, 3.05) is 5.32 Å². The van der Waals surface area contributed by atoms with Gasteiger partial charge >= 0.3 is 5.69 Å². The molecule has 2 bridgehead atoms. The third-order valence-corrected chi connectivity index (χ3v) is 4.56. The number of rotatable bonds is 3. The summed E-state index contributed by atoms with van der Waals surface area (Å²) in [6, 6.07) is 2.60. The lowest BCUT2D eigenvalue weighted by atomic mass is 9.88. The number of amides is 1. The van der Waals surface area contributed by atoms with E-state index in [4.69, 9.17) is 11.6 Å². The van der Waals surface area contributed by atoms with Crippen molar-refractivity contribution >= 4 is 29.0 Å². The molecule has 1 aromatic rings. The molecule has 0 aromatic carbocycles. The van der Waals surface area contributed by atoms with Gasteiger partial charge in [0.05, 0.1) is 4.92 Å². The molecule has 1 aromatic heterocycles. The fourth-order valence-corrected chi connectivity index (χ4v) is 3.59. The molecule has 2 aliphatic carbocycles. The third-order valence-electron chi connectivity index (χ3n) is 4.35. The van der Waals surface area contributed by atoms with Crippen LogP contribution in [0, 0.1) is 27.9 Å². The van der Waals surface area contributed by atoms with Crippen LogP contribution in [0.2, 0.25) is 5.15 Å². The number of fused-ring (bicyclic) bond motifs is 2. The van der Waals surface area contributed by atoms with Crippen LogP contribution in [0.25, 0.3) is 0 Å². The van der Waals surface area contributed by atoms with E-state index in [9.17, 15) is 14.9 Å². The van der Waals surface area contributed by atoms with Crippen molar-refractivity contribution < 1.29 is 9.72 Å². The van der Waals surface area contributed by atoms with E-state index in [1.807, 2.05) is 0 Å². The van der Waals surface area contributed by atoms with Gasteiger partial charge in [0.25, 0.3) is 0 Å². The van der Waals surface area contributed by atoms with Gasteiger partial charge in [0.2, 0.25) is 11.7 Å². The summed E-state index contributed by atoms with van der Waals surface area (Å²) in [5.41, 5.74) is -0.231. The normalized spacial score (nSPS) is 27.6. The van der Waals surface area contributed by atoms with Crippen LogP contribution in [0.15, 0.2) is 12.1 Å². The average Bonchev–Trinajstić information content (AvgIpc) is 3.00. The molecule has 2 saturated carbocycles. The van der Waals surface area contributed by atoms with E-state index in [1.54, 1.807) is 0 Å². The number of nitrogens with zero attached hydrogens (tertiary/aromatic N) is 2. The van der Waals surface area contributed by atoms with E-state index in [2.05, 4.69) is 10.3 Å². The lowest BCUT2D eigenvalue weighted by Crippen LogP contribution is -2.27. The first kappa shape index (κ1) is 13.3. The summed E-state index contributed by atoms with van der Waals surface area (Å²) < 4.78 is 0. The van der Waals surface area contributed by atoms with E-state index >= 15 is 0 Å². The Balaban J connectivity index is 1.79. The van der Waals surface area contributed by atoms with Crippen LogP contribution in [0.5, 0.6) is 0 Å². The summed E-state index contributed by atoms with van der Waals surface area (Å²) in [5, 5.41) is 13.6. The van der Waals surface area contributed by atoms with Crippen molar-refractivity contribution in [2.24, 2.45) is 17.8 Å². The largest absolute Gasteiger partial charge is 0.311 e. The van der Waals surface area contributed by atoms with Crippen molar-refractivity contribution in [1.82, 2.24) is 4.98 Å². The highest BCUT2D eigenvalue weighted by molar-refractivity contribution is 6.29. The zero-order valence-electron chi connectivity index (χ0n) is 10.7. The second kappa shape index (κ2) is 5.01. The van der Waals surface area contributed by atoms with Gasteiger partial charge in [-0.25, -0.2) is 4.98 Å². The number of pyridine rings is 1. The predicted molar refractivity (Wildman–Crippen MR) is 73.5 cm³/mol. The van der Waals surface area contributed by atoms with Crippen LogP contribution in [-0.4, -0.2) is 15.8 Å². The second-order valence-corrected chi connectivity index (χ2v) is 5.92. The first-order chi connectivity index (χ1) is 9.54. The highest BCUT2D eigenvalue weighted by Gasteiger charge is 2.43. The number of halogens is 1. The Hall–Kier alpha value is -1.69. The first-order valence-electron chi connectivity index (χ1n) is 6.66. The zero-order chi connectivity index (χ0) is 14.3. The monoisotopic (exact) mass is 295 g/mol. The number of aromatic nitrogens is 1. The Kier molecular flexibility index (Phi) is 3.33. The number of nitrogens with one attached hydrogen (secondary N) is 1. The fraction of sp³-hybridized carbons (Fsp3) is 0.538. The number of anilines is 1. The average molecular weight is 296 g/mol. The number of carbonyl (C=O) groups excluding carboxylic acids is 1. The molecule has 1 amide bonds. The number of carbonyl (C=O) groups is 1. The van der Waals surface area contributed by atoms with Crippen LogP contribution in [0.3, 0.4) is 0 Å². The molecule has 0 aliphatic heterocycles. The standard InChI is InChI=1S/C13H14ClN3O3/c14-11-4-3-10(17(19)20)12(15-11)16-13(18)9-6-7-1-2-8(9)5-7/h3-4,7-9H,1-2,5-6H2,(H,15,16,18). The Morgan fingerprint density at radius 3 is 2.80 bits per heavy atom. The van der Waals surface area contributed by atoms with Crippen LogP contribution < -0.4 is 5.32 Å². The van der Waals surface area contributed by atoms with Crippen LogP contribution in [-0.2, 0) is 4.79 Å². The van der Waals surface area contributed by atoms with Crippen molar-refractivity contribution in [3.05, 3.63) is 27.4 Å². The van der Waals surface area contributed by atoms with E-state index in [0.29, 0.717) is 11.8 Å². The molecule has 3 rings (SSSR count). The molecular weight excluding hydrogens is 282 g/mol. The van der Waals surface area contributed by atoms with Gasteiger partial charge in [0, 0.05) is 12.0 Å². The fourth-order valence-electron chi connectivity index (χ4n) is 3.44. The molecule has 0 spiro atoms. The smallest absolute Gasteiger partial charge is 0.305 e. The highest BCUT2D eigenvalue weighted by Crippen LogP contribution is 2.48. The predicted octanol–water partition coefficient (Wildman–Crippen LogP) is 3.02. The summed E-state index contributed by atoms with van der Waals surface area (Å²) in [6.07, 6.45) is 4.26. The van der Waals surface area contributed by atoms with Crippen LogP contribution in [0.4, 0.5) is 11.5 Å². The lowest BCUT2D eigenvalue weighted by molar-refractivity contribution is -0.384. The molecule has 3 unspecified atom stereocenters.